The molecule has 0 saturated carbocycles. The zero-order valence-electron chi connectivity index (χ0n) is 18.1. The lowest BCUT2D eigenvalue weighted by molar-refractivity contribution is -0.141. The van der Waals surface area contributed by atoms with Crippen LogP contribution in [0, 0.1) is 11.3 Å². The zero-order chi connectivity index (χ0) is 24.3. The normalized spacial score (nSPS) is 15.4. The molecule has 0 spiro atoms. The van der Waals surface area contributed by atoms with Gasteiger partial charge in [-0.25, -0.2) is 0 Å². The monoisotopic (exact) mass is 465 g/mol. The lowest BCUT2D eigenvalue weighted by Gasteiger charge is -2.25. The van der Waals surface area contributed by atoms with Crippen LogP contribution in [0.1, 0.15) is 36.6 Å². The Kier molecular flexibility index (Phi) is 6.71. The first-order chi connectivity index (χ1) is 15.7. The third kappa shape index (κ3) is 4.52. The Morgan fingerprint density at radius 2 is 2.03 bits per heavy atom. The summed E-state index contributed by atoms with van der Waals surface area (Å²) in [5, 5.41) is 15.1. The molecular weight excluding hydrogens is 443 g/mol. The SMILES string of the molecule is CCN(CC)C(=O)COc1ccc([C@H]2C(C#N)=C(N)Oc3n[nH]c(C(F)(F)F)c32)cc1OC. The number of alkyl halides is 3. The van der Waals surface area contributed by atoms with Gasteiger partial charge < -0.3 is 24.8 Å². The van der Waals surface area contributed by atoms with E-state index in [0.29, 0.717) is 13.1 Å². The molecule has 0 unspecified atom stereocenters. The number of benzene rings is 1. The third-order valence-corrected chi connectivity index (χ3v) is 5.21. The van der Waals surface area contributed by atoms with Crippen molar-refractivity contribution >= 4 is 5.91 Å². The molecule has 0 bridgehead atoms. The molecule has 1 amide bonds. The number of nitrogens with one attached hydrogen (secondary N) is 1. The Morgan fingerprint density at radius 3 is 2.61 bits per heavy atom. The van der Waals surface area contributed by atoms with Crippen LogP contribution in [-0.4, -0.2) is 47.8 Å². The maximum absolute atomic E-state index is 13.6. The first-order valence-electron chi connectivity index (χ1n) is 9.97. The molecule has 1 aromatic carbocycles. The number of methoxy groups -OCH3 is 1. The minimum absolute atomic E-state index is 0.167. The highest BCUT2D eigenvalue weighted by Crippen LogP contribution is 2.48. The van der Waals surface area contributed by atoms with E-state index in [9.17, 15) is 23.2 Å². The van der Waals surface area contributed by atoms with Gasteiger partial charge in [0.25, 0.3) is 5.91 Å². The van der Waals surface area contributed by atoms with Crippen molar-refractivity contribution in [3.8, 4) is 23.4 Å². The summed E-state index contributed by atoms with van der Waals surface area (Å²) in [4.78, 5) is 13.8. The van der Waals surface area contributed by atoms with Crippen molar-refractivity contribution < 1.29 is 32.2 Å². The number of rotatable bonds is 7. The van der Waals surface area contributed by atoms with E-state index in [-0.39, 0.29) is 52.5 Å². The Morgan fingerprint density at radius 1 is 1.33 bits per heavy atom. The standard InChI is InChI=1S/C21H22F3N5O4/c1-4-29(5-2)15(30)10-32-13-7-6-11(8-14(13)31-3)16-12(9-25)19(26)33-20-17(16)18(27-28-20)21(22,23)24/h6-8,16H,4-5,10,26H2,1-3H3,(H,27,28)/t16-/m0/s1. The molecule has 1 aromatic heterocycles. The number of H-pyrrole nitrogens is 1. The van der Waals surface area contributed by atoms with E-state index < -0.39 is 17.8 Å². The zero-order valence-corrected chi connectivity index (χ0v) is 18.1. The van der Waals surface area contributed by atoms with Crippen LogP contribution in [0.4, 0.5) is 13.2 Å². The molecule has 176 valence electrons. The Balaban J connectivity index is 2.02. The average molecular weight is 465 g/mol. The molecule has 0 radical (unpaired) electrons. The van der Waals surface area contributed by atoms with Gasteiger partial charge in [0.1, 0.15) is 17.3 Å². The molecule has 12 heteroatoms. The highest BCUT2D eigenvalue weighted by Gasteiger charge is 2.44. The van der Waals surface area contributed by atoms with E-state index in [0.717, 1.165) is 0 Å². The number of amides is 1. The predicted octanol–water partition coefficient (Wildman–Crippen LogP) is 2.90. The molecule has 0 saturated heterocycles. The van der Waals surface area contributed by atoms with Crippen molar-refractivity contribution in [3.63, 3.8) is 0 Å². The summed E-state index contributed by atoms with van der Waals surface area (Å²) >= 11 is 0. The van der Waals surface area contributed by atoms with Crippen molar-refractivity contribution in [1.82, 2.24) is 15.1 Å². The summed E-state index contributed by atoms with van der Waals surface area (Å²) in [6.45, 7) is 4.50. The van der Waals surface area contributed by atoms with Crippen LogP contribution in [0.15, 0.2) is 29.7 Å². The number of nitriles is 1. The van der Waals surface area contributed by atoms with Gasteiger partial charge in [0.15, 0.2) is 18.1 Å². The number of aromatic nitrogens is 2. The van der Waals surface area contributed by atoms with Crippen LogP contribution in [0.2, 0.25) is 0 Å². The summed E-state index contributed by atoms with van der Waals surface area (Å²) in [5.74, 6) is -1.77. The molecule has 0 fully saturated rings. The molecule has 1 atom stereocenters. The summed E-state index contributed by atoms with van der Waals surface area (Å²) < 4.78 is 56.9. The molecule has 9 nitrogen and oxygen atoms in total. The Bertz CT molecular complexity index is 1120. The van der Waals surface area contributed by atoms with Crippen LogP contribution >= 0.6 is 0 Å². The van der Waals surface area contributed by atoms with Gasteiger partial charge >= 0.3 is 6.18 Å². The number of carbonyl (C=O) groups is 1. The minimum Gasteiger partial charge on any atom is -0.493 e. The second kappa shape index (κ2) is 9.32. The fourth-order valence-electron chi connectivity index (χ4n) is 3.58. The number of nitrogens with zero attached hydrogens (tertiary/aromatic N) is 3. The minimum atomic E-state index is -4.77. The van der Waals surface area contributed by atoms with E-state index in [1.54, 1.807) is 4.90 Å². The van der Waals surface area contributed by atoms with Crippen molar-refractivity contribution in [1.29, 1.82) is 5.26 Å². The molecule has 1 aliphatic rings. The van der Waals surface area contributed by atoms with Gasteiger partial charge in [-0.1, -0.05) is 6.07 Å². The van der Waals surface area contributed by atoms with Crippen molar-refractivity contribution in [3.05, 3.63) is 46.5 Å². The van der Waals surface area contributed by atoms with Gasteiger partial charge in [-0.15, -0.1) is 5.10 Å². The summed E-state index contributed by atoms with van der Waals surface area (Å²) in [6.07, 6.45) is -4.77. The highest BCUT2D eigenvalue weighted by molar-refractivity contribution is 5.77. The Hall–Kier alpha value is -3.88. The maximum atomic E-state index is 13.6. The first kappa shape index (κ1) is 23.8. The molecule has 3 rings (SSSR count). The predicted molar refractivity (Wildman–Crippen MR) is 109 cm³/mol. The molecule has 0 aliphatic carbocycles. The molecule has 2 aromatic rings. The number of carbonyl (C=O) groups excluding carboxylic acids is 1. The topological polar surface area (TPSA) is 126 Å². The van der Waals surface area contributed by atoms with E-state index in [1.165, 1.54) is 25.3 Å². The van der Waals surface area contributed by atoms with Crippen LogP contribution in [0.5, 0.6) is 17.4 Å². The van der Waals surface area contributed by atoms with Crippen LogP contribution < -0.4 is 19.9 Å². The smallest absolute Gasteiger partial charge is 0.433 e. The molecule has 2 heterocycles. The van der Waals surface area contributed by atoms with Gasteiger partial charge in [-0.2, -0.15) is 18.4 Å². The fourth-order valence-corrected chi connectivity index (χ4v) is 3.58. The number of ether oxygens (including phenoxy) is 3. The fraction of sp³-hybridized carbons (Fsp3) is 0.381. The second-order valence-corrected chi connectivity index (χ2v) is 7.00. The molecule has 33 heavy (non-hydrogen) atoms. The van der Waals surface area contributed by atoms with Gasteiger partial charge in [0.05, 0.1) is 18.6 Å². The van der Waals surface area contributed by atoms with E-state index in [1.807, 2.05) is 25.0 Å². The number of hydrogen-bond donors (Lipinski definition) is 2. The second-order valence-electron chi connectivity index (χ2n) is 7.00. The lowest BCUT2D eigenvalue weighted by Crippen LogP contribution is -2.34. The van der Waals surface area contributed by atoms with E-state index >= 15 is 0 Å². The number of aromatic amines is 1. The highest BCUT2D eigenvalue weighted by atomic mass is 19.4. The number of fused-ring (bicyclic) bond motifs is 1. The number of halogens is 3. The van der Waals surface area contributed by atoms with Gasteiger partial charge in [-0.3, -0.25) is 9.89 Å². The first-order valence-corrected chi connectivity index (χ1v) is 9.97. The number of nitrogens with two attached hydrogens (primary N) is 1. The third-order valence-electron chi connectivity index (χ3n) is 5.21. The largest absolute Gasteiger partial charge is 0.493 e. The lowest BCUT2D eigenvalue weighted by atomic mass is 9.83. The molecule has 3 N–H and O–H groups in total. The van der Waals surface area contributed by atoms with E-state index in [4.69, 9.17) is 19.9 Å². The van der Waals surface area contributed by atoms with Crippen molar-refractivity contribution in [2.24, 2.45) is 5.73 Å². The van der Waals surface area contributed by atoms with Crippen molar-refractivity contribution in [2.75, 3.05) is 26.8 Å². The quantitative estimate of drug-likeness (QED) is 0.644. The van der Waals surface area contributed by atoms with Gasteiger partial charge in [0, 0.05) is 13.1 Å². The van der Waals surface area contributed by atoms with Crippen LogP contribution in [0.3, 0.4) is 0 Å². The summed E-state index contributed by atoms with van der Waals surface area (Å²) in [5.41, 5.74) is 4.34. The van der Waals surface area contributed by atoms with Crippen molar-refractivity contribution in [2.45, 2.75) is 25.9 Å². The molecule has 1 aliphatic heterocycles. The molecular formula is C21H22F3N5O4. The Labute approximate surface area is 187 Å². The van der Waals surface area contributed by atoms with E-state index in [2.05, 4.69) is 5.10 Å². The van der Waals surface area contributed by atoms with Crippen LogP contribution in [0.25, 0.3) is 0 Å². The number of hydrogen-bond acceptors (Lipinski definition) is 7. The van der Waals surface area contributed by atoms with Gasteiger partial charge in [-0.05, 0) is 31.5 Å². The van der Waals surface area contributed by atoms with Gasteiger partial charge in [0.2, 0.25) is 11.8 Å². The maximum Gasteiger partial charge on any atom is 0.433 e. The summed E-state index contributed by atoms with van der Waals surface area (Å²) in [6, 6.07) is 6.18. The number of likely N-dealkylation sites (N-methyl/N-ethyl adjacent to an activating group) is 1. The average Bonchev–Trinajstić information content (AvgIpc) is 3.21. The number of allylic oxidation sites excluding steroid dienone is 1. The van der Waals surface area contributed by atoms with Crippen LogP contribution in [-0.2, 0) is 11.0 Å². The summed E-state index contributed by atoms with van der Waals surface area (Å²) in [7, 11) is 1.35.